The van der Waals surface area contributed by atoms with Crippen molar-refractivity contribution in [3.05, 3.63) is 29.8 Å². The molecule has 1 unspecified atom stereocenters. The number of para-hydroxylation sites is 1. The van der Waals surface area contributed by atoms with Gasteiger partial charge in [-0.25, -0.2) is 0 Å². The van der Waals surface area contributed by atoms with Crippen LogP contribution in [0.25, 0.3) is 0 Å². The molecular formula is C18H25NO2. The number of anilines is 1. The molecule has 1 atom stereocenters. The van der Waals surface area contributed by atoms with E-state index in [1.54, 1.807) is 4.90 Å². The highest BCUT2D eigenvalue weighted by atomic mass is 16.2. The number of carbonyl (C=O) groups excluding carboxylic acids is 2. The van der Waals surface area contributed by atoms with Gasteiger partial charge in [0.2, 0.25) is 5.91 Å². The van der Waals surface area contributed by atoms with Gasteiger partial charge in [0.25, 0.3) is 0 Å². The van der Waals surface area contributed by atoms with Gasteiger partial charge in [0.1, 0.15) is 0 Å². The SMILES string of the molecule is CC(C)C(=O)C1CCc2ccccc2N1C(=O)C(C)(C)C. The highest BCUT2D eigenvalue weighted by molar-refractivity contribution is 6.05. The standard InChI is InChI=1S/C18H25NO2/c1-12(2)16(20)15-11-10-13-8-6-7-9-14(13)19(15)17(21)18(3,4)5/h6-9,12,15H,10-11H2,1-5H3. The van der Waals surface area contributed by atoms with Gasteiger partial charge < -0.3 is 4.90 Å². The van der Waals surface area contributed by atoms with Gasteiger partial charge in [-0.15, -0.1) is 0 Å². The number of hydrogen-bond donors (Lipinski definition) is 0. The lowest BCUT2D eigenvalue weighted by Gasteiger charge is -2.40. The van der Waals surface area contributed by atoms with Crippen molar-refractivity contribution in [3.8, 4) is 0 Å². The molecule has 3 heteroatoms. The predicted molar refractivity (Wildman–Crippen MR) is 85.3 cm³/mol. The van der Waals surface area contributed by atoms with Crippen LogP contribution < -0.4 is 4.90 Å². The lowest BCUT2D eigenvalue weighted by Crippen LogP contribution is -2.53. The summed E-state index contributed by atoms with van der Waals surface area (Å²) in [4.78, 5) is 27.2. The molecule has 0 saturated carbocycles. The highest BCUT2D eigenvalue weighted by Gasteiger charge is 2.39. The van der Waals surface area contributed by atoms with Gasteiger partial charge in [-0.05, 0) is 24.5 Å². The summed E-state index contributed by atoms with van der Waals surface area (Å²) in [7, 11) is 0. The smallest absolute Gasteiger partial charge is 0.233 e. The Bertz CT molecular complexity index is 555. The van der Waals surface area contributed by atoms with Crippen LogP contribution in [0.4, 0.5) is 5.69 Å². The summed E-state index contributed by atoms with van der Waals surface area (Å²) in [6.45, 7) is 9.53. The Hall–Kier alpha value is -1.64. The summed E-state index contributed by atoms with van der Waals surface area (Å²) in [5.74, 6) is 0.117. The van der Waals surface area contributed by atoms with Crippen LogP contribution in [0.3, 0.4) is 0 Å². The minimum absolute atomic E-state index is 0.0219. The number of hydrogen-bond acceptors (Lipinski definition) is 2. The first-order valence-corrected chi connectivity index (χ1v) is 7.68. The minimum atomic E-state index is -0.500. The summed E-state index contributed by atoms with van der Waals surface area (Å²) < 4.78 is 0. The molecule has 1 aliphatic heterocycles. The monoisotopic (exact) mass is 287 g/mol. The second kappa shape index (κ2) is 5.63. The summed E-state index contributed by atoms with van der Waals surface area (Å²) >= 11 is 0. The largest absolute Gasteiger partial charge is 0.301 e. The van der Waals surface area contributed by atoms with Crippen LogP contribution >= 0.6 is 0 Å². The van der Waals surface area contributed by atoms with Gasteiger partial charge in [-0.1, -0.05) is 52.8 Å². The summed E-state index contributed by atoms with van der Waals surface area (Å²) in [5.41, 5.74) is 1.56. The number of aryl methyl sites for hydroxylation is 1. The molecule has 2 rings (SSSR count). The number of amides is 1. The lowest BCUT2D eigenvalue weighted by molar-refractivity contribution is -0.130. The number of rotatable bonds is 2. The van der Waals surface area contributed by atoms with Gasteiger partial charge in [-0.2, -0.15) is 0 Å². The van der Waals surface area contributed by atoms with Crippen molar-refractivity contribution in [1.29, 1.82) is 0 Å². The molecule has 0 fully saturated rings. The molecule has 1 amide bonds. The first kappa shape index (κ1) is 15.7. The van der Waals surface area contributed by atoms with Crippen LogP contribution in [-0.4, -0.2) is 17.7 Å². The van der Waals surface area contributed by atoms with Crippen LogP contribution in [0.1, 0.15) is 46.6 Å². The Morgan fingerprint density at radius 2 is 1.81 bits per heavy atom. The van der Waals surface area contributed by atoms with E-state index >= 15 is 0 Å². The van der Waals surface area contributed by atoms with Crippen molar-refractivity contribution < 1.29 is 9.59 Å². The molecule has 1 aromatic carbocycles. The van der Waals surface area contributed by atoms with Gasteiger partial charge in [-0.3, -0.25) is 9.59 Å². The van der Waals surface area contributed by atoms with Crippen molar-refractivity contribution in [3.63, 3.8) is 0 Å². The molecule has 21 heavy (non-hydrogen) atoms. The van der Waals surface area contributed by atoms with Gasteiger partial charge in [0.05, 0.1) is 6.04 Å². The van der Waals surface area contributed by atoms with Crippen LogP contribution in [0.2, 0.25) is 0 Å². The molecule has 0 spiro atoms. The number of benzene rings is 1. The maximum absolute atomic E-state index is 12.9. The van der Waals surface area contributed by atoms with Gasteiger partial charge in [0.15, 0.2) is 5.78 Å². The molecule has 0 radical (unpaired) electrons. The fraction of sp³-hybridized carbons (Fsp3) is 0.556. The Kier molecular flexibility index (Phi) is 4.22. The van der Waals surface area contributed by atoms with E-state index in [4.69, 9.17) is 0 Å². The Morgan fingerprint density at radius 3 is 2.38 bits per heavy atom. The zero-order chi connectivity index (χ0) is 15.8. The molecular weight excluding hydrogens is 262 g/mol. The van der Waals surface area contributed by atoms with Gasteiger partial charge in [0, 0.05) is 17.0 Å². The molecule has 114 valence electrons. The predicted octanol–water partition coefficient (Wildman–Crippen LogP) is 3.61. The van der Waals surface area contributed by atoms with Crippen molar-refractivity contribution in [2.45, 2.75) is 53.5 Å². The molecule has 1 aliphatic rings. The number of nitrogens with zero attached hydrogens (tertiary/aromatic N) is 1. The van der Waals surface area contributed by atoms with Crippen LogP contribution in [0.5, 0.6) is 0 Å². The normalized spacial score (nSPS) is 18.6. The first-order chi connectivity index (χ1) is 9.73. The van der Waals surface area contributed by atoms with Crippen molar-refractivity contribution in [2.75, 3.05) is 4.90 Å². The fourth-order valence-electron chi connectivity index (χ4n) is 2.81. The number of Topliss-reactive ketones (excluding diaryl/α,β-unsaturated/α-hetero) is 1. The van der Waals surface area contributed by atoms with Crippen molar-refractivity contribution >= 4 is 17.4 Å². The van der Waals surface area contributed by atoms with Crippen LogP contribution in [-0.2, 0) is 16.0 Å². The van der Waals surface area contributed by atoms with E-state index < -0.39 is 5.41 Å². The topological polar surface area (TPSA) is 37.4 Å². The summed E-state index contributed by atoms with van der Waals surface area (Å²) in [6, 6.07) is 7.60. The average molecular weight is 287 g/mol. The highest BCUT2D eigenvalue weighted by Crippen LogP contribution is 2.35. The van der Waals surface area contributed by atoms with E-state index in [1.165, 1.54) is 0 Å². The molecule has 0 aliphatic carbocycles. The van der Waals surface area contributed by atoms with E-state index in [0.717, 1.165) is 24.1 Å². The maximum Gasteiger partial charge on any atom is 0.233 e. The Morgan fingerprint density at radius 1 is 1.19 bits per heavy atom. The second-order valence-corrected chi connectivity index (χ2v) is 7.17. The van der Waals surface area contributed by atoms with E-state index in [1.807, 2.05) is 58.9 Å². The molecule has 1 aromatic rings. The molecule has 3 nitrogen and oxygen atoms in total. The Labute approximate surface area is 127 Å². The van der Waals surface area contributed by atoms with Crippen molar-refractivity contribution in [1.82, 2.24) is 0 Å². The average Bonchev–Trinajstić information content (AvgIpc) is 2.43. The molecule has 0 saturated heterocycles. The number of ketones is 1. The first-order valence-electron chi connectivity index (χ1n) is 7.68. The third-order valence-electron chi connectivity index (χ3n) is 4.01. The third-order valence-corrected chi connectivity index (χ3v) is 4.01. The van der Waals surface area contributed by atoms with E-state index in [2.05, 4.69) is 0 Å². The zero-order valence-corrected chi connectivity index (χ0v) is 13.6. The minimum Gasteiger partial charge on any atom is -0.301 e. The molecule has 1 heterocycles. The van der Waals surface area contributed by atoms with Crippen molar-refractivity contribution in [2.24, 2.45) is 11.3 Å². The summed E-state index contributed by atoms with van der Waals surface area (Å²) in [5, 5.41) is 0. The van der Waals surface area contributed by atoms with Crippen LogP contribution in [0.15, 0.2) is 24.3 Å². The van der Waals surface area contributed by atoms with E-state index in [9.17, 15) is 9.59 Å². The number of carbonyl (C=O) groups is 2. The molecule has 0 N–H and O–H groups in total. The Balaban J connectivity index is 2.50. The summed E-state index contributed by atoms with van der Waals surface area (Å²) in [6.07, 6.45) is 1.57. The molecule has 0 aromatic heterocycles. The maximum atomic E-state index is 12.9. The second-order valence-electron chi connectivity index (χ2n) is 7.17. The zero-order valence-electron chi connectivity index (χ0n) is 13.6. The molecule has 0 bridgehead atoms. The van der Waals surface area contributed by atoms with E-state index in [-0.39, 0.29) is 23.7 Å². The van der Waals surface area contributed by atoms with Gasteiger partial charge >= 0.3 is 0 Å². The lowest BCUT2D eigenvalue weighted by atomic mass is 9.86. The van der Waals surface area contributed by atoms with Crippen LogP contribution in [0, 0.1) is 11.3 Å². The third kappa shape index (κ3) is 3.02. The number of fused-ring (bicyclic) bond motifs is 1. The fourth-order valence-corrected chi connectivity index (χ4v) is 2.81. The quantitative estimate of drug-likeness (QED) is 0.833. The van der Waals surface area contributed by atoms with E-state index in [0.29, 0.717) is 0 Å².